The Labute approximate surface area is 185 Å². The lowest BCUT2D eigenvalue weighted by molar-refractivity contribution is -0.145. The molecule has 1 rings (SSSR count). The van der Waals surface area contributed by atoms with Gasteiger partial charge in [0.2, 0.25) is 17.7 Å². The Hall–Kier alpha value is -2.77. The number of aliphatic carboxylic acids is 2. The number of hydrogen-bond acceptors (Lipinski definition) is 8. The smallest absolute Gasteiger partial charge is 0.326 e. The summed E-state index contributed by atoms with van der Waals surface area (Å²) in [5.74, 6) is -4.82. The van der Waals surface area contributed by atoms with Gasteiger partial charge in [-0.3, -0.25) is 19.2 Å². The number of carbonyl (C=O) groups excluding carboxylic acids is 3. The van der Waals surface area contributed by atoms with E-state index < -0.39 is 66.4 Å². The number of nitrogens with two attached hydrogens (primary N) is 2. The Kier molecular flexibility index (Phi) is 11.0. The molecular weight excluding hydrogens is 426 g/mol. The van der Waals surface area contributed by atoms with E-state index in [1.165, 1.54) is 6.92 Å². The lowest BCUT2D eigenvalue weighted by atomic mass is 10.1. The third kappa shape index (κ3) is 8.05. The highest BCUT2D eigenvalue weighted by Gasteiger charge is 2.39. The molecule has 9 N–H and O–H groups in total. The topological polar surface area (TPSA) is 225 Å². The number of unbranched alkanes of at least 4 members (excludes halogenated alkanes) is 1. The zero-order valence-corrected chi connectivity index (χ0v) is 18.0. The Morgan fingerprint density at radius 1 is 1.12 bits per heavy atom. The first-order valence-electron chi connectivity index (χ1n) is 10.5. The van der Waals surface area contributed by atoms with Gasteiger partial charge in [-0.15, -0.1) is 0 Å². The number of amides is 3. The zero-order chi connectivity index (χ0) is 24.4. The van der Waals surface area contributed by atoms with E-state index in [9.17, 15) is 34.2 Å². The summed E-state index contributed by atoms with van der Waals surface area (Å²) in [6.45, 7) is 1.83. The molecule has 5 atom stereocenters. The summed E-state index contributed by atoms with van der Waals surface area (Å²) in [6.07, 6.45) is -0.0353. The van der Waals surface area contributed by atoms with Crippen LogP contribution in [0.15, 0.2) is 0 Å². The fraction of sp³-hybridized carbons (Fsp3) is 0.737. The van der Waals surface area contributed by atoms with Crippen molar-refractivity contribution >= 4 is 29.7 Å². The second-order valence-corrected chi connectivity index (χ2v) is 7.80. The Morgan fingerprint density at radius 3 is 2.31 bits per heavy atom. The molecule has 1 heterocycles. The van der Waals surface area contributed by atoms with Gasteiger partial charge in [0.1, 0.15) is 18.1 Å². The molecule has 0 radical (unpaired) electrons. The number of nitrogens with zero attached hydrogens (tertiary/aromatic N) is 1. The van der Waals surface area contributed by atoms with Crippen LogP contribution >= 0.6 is 0 Å². The zero-order valence-electron chi connectivity index (χ0n) is 18.0. The van der Waals surface area contributed by atoms with Gasteiger partial charge in [0.15, 0.2) is 0 Å². The van der Waals surface area contributed by atoms with Gasteiger partial charge in [0.25, 0.3) is 0 Å². The molecule has 5 unspecified atom stereocenters. The quantitative estimate of drug-likeness (QED) is 0.141. The van der Waals surface area contributed by atoms with Crippen molar-refractivity contribution in [3.63, 3.8) is 0 Å². The molecule has 32 heavy (non-hydrogen) atoms. The molecule has 182 valence electrons. The van der Waals surface area contributed by atoms with Crippen molar-refractivity contribution in [3.8, 4) is 0 Å². The summed E-state index contributed by atoms with van der Waals surface area (Å²) >= 11 is 0. The van der Waals surface area contributed by atoms with Crippen LogP contribution in [0.2, 0.25) is 0 Å². The highest BCUT2D eigenvalue weighted by Crippen LogP contribution is 2.19. The predicted molar refractivity (Wildman–Crippen MR) is 111 cm³/mol. The SMILES string of the molecule is CC(O)C(NC(=O)C1CCCN1C(=O)C(N)CC(=O)O)C(=O)NC(CCCCN)C(=O)O. The second-order valence-electron chi connectivity index (χ2n) is 7.80. The fourth-order valence-corrected chi connectivity index (χ4v) is 3.46. The number of nitrogens with one attached hydrogen (secondary N) is 2. The average Bonchev–Trinajstić information content (AvgIpc) is 3.19. The highest BCUT2D eigenvalue weighted by molar-refractivity contribution is 5.95. The van der Waals surface area contributed by atoms with Gasteiger partial charge in [-0.05, 0) is 45.6 Å². The third-order valence-corrected chi connectivity index (χ3v) is 5.17. The van der Waals surface area contributed by atoms with Crippen molar-refractivity contribution in [2.45, 2.75) is 75.7 Å². The predicted octanol–water partition coefficient (Wildman–Crippen LogP) is -2.66. The fourth-order valence-electron chi connectivity index (χ4n) is 3.46. The summed E-state index contributed by atoms with van der Waals surface area (Å²) in [5.41, 5.74) is 11.0. The maximum Gasteiger partial charge on any atom is 0.326 e. The molecule has 3 amide bonds. The lowest BCUT2D eigenvalue weighted by Crippen LogP contribution is -2.59. The minimum absolute atomic E-state index is 0.130. The van der Waals surface area contributed by atoms with Crippen LogP contribution in [0.1, 0.15) is 45.4 Å². The maximum absolute atomic E-state index is 12.8. The van der Waals surface area contributed by atoms with Crippen molar-refractivity contribution in [3.05, 3.63) is 0 Å². The van der Waals surface area contributed by atoms with Crippen molar-refractivity contribution in [1.82, 2.24) is 15.5 Å². The molecule has 13 heteroatoms. The number of hydrogen-bond donors (Lipinski definition) is 7. The number of aliphatic hydroxyl groups is 1. The van der Waals surface area contributed by atoms with Gasteiger partial charge < -0.3 is 42.3 Å². The molecule has 0 aromatic rings. The van der Waals surface area contributed by atoms with Crippen LogP contribution in [0.4, 0.5) is 0 Å². The molecule has 1 aliphatic rings. The van der Waals surface area contributed by atoms with Crippen LogP contribution in [0.5, 0.6) is 0 Å². The molecule has 0 aromatic carbocycles. The van der Waals surface area contributed by atoms with Gasteiger partial charge in [0.05, 0.1) is 18.6 Å². The van der Waals surface area contributed by atoms with Crippen LogP contribution < -0.4 is 22.1 Å². The standard InChI is InChI=1S/C19H33N5O8/c1-10(25)15(17(29)22-12(19(31)32)5-2-3-7-20)23-16(28)13-6-4-8-24(13)18(30)11(21)9-14(26)27/h10-13,15,25H,2-9,20-21H2,1H3,(H,22,29)(H,23,28)(H,26,27)(H,31,32). The maximum atomic E-state index is 12.8. The van der Waals surface area contributed by atoms with E-state index in [4.69, 9.17) is 16.6 Å². The molecule has 1 aliphatic heterocycles. The molecule has 13 nitrogen and oxygen atoms in total. The Bertz CT molecular complexity index is 701. The van der Waals surface area contributed by atoms with Crippen LogP contribution in [-0.2, 0) is 24.0 Å². The minimum Gasteiger partial charge on any atom is -0.481 e. The summed E-state index contributed by atoms with van der Waals surface area (Å²) < 4.78 is 0. The van der Waals surface area contributed by atoms with Crippen molar-refractivity contribution < 1.29 is 39.3 Å². The van der Waals surface area contributed by atoms with Gasteiger partial charge in [0, 0.05) is 6.54 Å². The Balaban J connectivity index is 2.84. The first kappa shape index (κ1) is 27.3. The molecule has 0 saturated carbocycles. The van der Waals surface area contributed by atoms with Crippen molar-refractivity contribution in [2.24, 2.45) is 11.5 Å². The average molecular weight is 460 g/mol. The number of carboxylic acids is 2. The lowest BCUT2D eigenvalue weighted by Gasteiger charge is -2.29. The van der Waals surface area contributed by atoms with E-state index in [2.05, 4.69) is 10.6 Å². The molecule has 0 spiro atoms. The van der Waals surface area contributed by atoms with E-state index in [1.54, 1.807) is 0 Å². The second kappa shape index (κ2) is 12.9. The van der Waals surface area contributed by atoms with Gasteiger partial charge in [-0.25, -0.2) is 4.79 Å². The first-order chi connectivity index (χ1) is 15.0. The molecule has 1 saturated heterocycles. The number of likely N-dealkylation sites (tertiary alicyclic amines) is 1. The minimum atomic E-state index is -1.45. The largest absolute Gasteiger partial charge is 0.481 e. The van der Waals surface area contributed by atoms with E-state index in [0.717, 1.165) is 4.90 Å². The number of carboxylic acid groups (broad SMARTS) is 2. The molecule has 1 fully saturated rings. The van der Waals surface area contributed by atoms with Gasteiger partial charge >= 0.3 is 11.9 Å². The number of carbonyl (C=O) groups is 5. The van der Waals surface area contributed by atoms with Crippen LogP contribution in [-0.4, -0.2) is 93.2 Å². The van der Waals surface area contributed by atoms with Gasteiger partial charge in [-0.2, -0.15) is 0 Å². The van der Waals surface area contributed by atoms with Crippen LogP contribution in [0, 0.1) is 0 Å². The summed E-state index contributed by atoms with van der Waals surface area (Å²) in [7, 11) is 0. The van der Waals surface area contributed by atoms with Gasteiger partial charge in [-0.1, -0.05) is 0 Å². The van der Waals surface area contributed by atoms with E-state index >= 15 is 0 Å². The molecule has 0 aromatic heterocycles. The first-order valence-corrected chi connectivity index (χ1v) is 10.5. The summed E-state index contributed by atoms with van der Waals surface area (Å²) in [6, 6.07) is -4.98. The normalized spacial score (nSPS) is 19.5. The van der Waals surface area contributed by atoms with E-state index in [0.29, 0.717) is 25.8 Å². The highest BCUT2D eigenvalue weighted by atomic mass is 16.4. The summed E-state index contributed by atoms with van der Waals surface area (Å²) in [5, 5.41) is 32.8. The molecular formula is C19H33N5O8. The third-order valence-electron chi connectivity index (χ3n) is 5.17. The van der Waals surface area contributed by atoms with Crippen molar-refractivity contribution in [1.29, 1.82) is 0 Å². The van der Waals surface area contributed by atoms with Crippen molar-refractivity contribution in [2.75, 3.05) is 13.1 Å². The van der Waals surface area contributed by atoms with Crippen LogP contribution in [0.25, 0.3) is 0 Å². The molecule has 0 aliphatic carbocycles. The molecule has 0 bridgehead atoms. The Morgan fingerprint density at radius 2 is 1.78 bits per heavy atom. The number of rotatable bonds is 13. The number of aliphatic hydroxyl groups excluding tert-OH is 1. The van der Waals surface area contributed by atoms with E-state index in [-0.39, 0.29) is 19.4 Å². The van der Waals surface area contributed by atoms with E-state index in [1.807, 2.05) is 0 Å². The summed E-state index contributed by atoms with van der Waals surface area (Å²) in [4.78, 5) is 61.2. The van der Waals surface area contributed by atoms with Crippen LogP contribution in [0.3, 0.4) is 0 Å². The monoisotopic (exact) mass is 459 g/mol.